The van der Waals surface area contributed by atoms with Crippen LogP contribution in [0.25, 0.3) is 0 Å². The Kier molecular flexibility index (Phi) is 3.03. The van der Waals surface area contributed by atoms with E-state index in [1.165, 1.54) is 0 Å². The molecule has 7 heteroatoms. The summed E-state index contributed by atoms with van der Waals surface area (Å²) < 4.78 is 0. The number of carboxylic acid groups (broad SMARTS) is 1. The van der Waals surface area contributed by atoms with Crippen LogP contribution in [-0.4, -0.2) is 40.4 Å². The highest BCUT2D eigenvalue weighted by Gasteiger charge is 2.40. The number of urea groups is 1. The van der Waals surface area contributed by atoms with Crippen molar-refractivity contribution in [1.82, 2.24) is 10.2 Å². The van der Waals surface area contributed by atoms with Crippen molar-refractivity contribution in [2.45, 2.75) is 13.3 Å². The van der Waals surface area contributed by atoms with E-state index in [1.807, 2.05) is 5.32 Å². The van der Waals surface area contributed by atoms with Gasteiger partial charge < -0.3 is 5.11 Å². The van der Waals surface area contributed by atoms with Crippen LogP contribution in [0.3, 0.4) is 0 Å². The Morgan fingerprint density at radius 3 is 2.53 bits per heavy atom. The molecule has 1 unspecified atom stereocenters. The number of nitrogens with one attached hydrogen (secondary N) is 1. The molecule has 0 radical (unpaired) electrons. The molecule has 0 aliphatic carbocycles. The first-order valence-corrected chi connectivity index (χ1v) is 4.35. The molecular formula is C8H10N2O5. The molecule has 15 heavy (non-hydrogen) atoms. The van der Waals surface area contributed by atoms with Crippen LogP contribution in [-0.2, 0) is 14.4 Å². The zero-order valence-corrected chi connectivity index (χ0v) is 8.02. The first kappa shape index (κ1) is 11.2. The summed E-state index contributed by atoms with van der Waals surface area (Å²) >= 11 is 0. The maximum absolute atomic E-state index is 11.5. The van der Waals surface area contributed by atoms with Crippen molar-refractivity contribution in [2.24, 2.45) is 5.92 Å². The Hall–Kier alpha value is -1.92. The van der Waals surface area contributed by atoms with E-state index < -0.39 is 36.2 Å². The number of imide groups is 2. The second-order valence-electron chi connectivity index (χ2n) is 3.03. The maximum atomic E-state index is 11.5. The number of carboxylic acids is 1. The van der Waals surface area contributed by atoms with E-state index in [0.717, 1.165) is 4.90 Å². The van der Waals surface area contributed by atoms with Crippen molar-refractivity contribution >= 4 is 23.8 Å². The Morgan fingerprint density at radius 1 is 1.47 bits per heavy atom. The smallest absolute Gasteiger partial charge is 0.330 e. The highest BCUT2D eigenvalue weighted by Crippen LogP contribution is 2.13. The predicted molar refractivity (Wildman–Crippen MR) is 46.7 cm³/mol. The summed E-state index contributed by atoms with van der Waals surface area (Å²) in [6, 6.07) is -0.797. The maximum Gasteiger partial charge on any atom is 0.330 e. The Bertz CT molecular complexity index is 338. The third kappa shape index (κ3) is 2.12. The number of carbonyl (C=O) groups is 4. The minimum Gasteiger partial charge on any atom is -0.481 e. The van der Waals surface area contributed by atoms with Crippen LogP contribution < -0.4 is 5.32 Å². The van der Waals surface area contributed by atoms with Crippen LogP contribution in [0.1, 0.15) is 13.3 Å². The van der Waals surface area contributed by atoms with E-state index in [-0.39, 0.29) is 6.54 Å². The third-order valence-electron chi connectivity index (χ3n) is 2.05. The summed E-state index contributed by atoms with van der Waals surface area (Å²) in [7, 11) is 0. The van der Waals surface area contributed by atoms with E-state index in [0.29, 0.717) is 0 Å². The van der Waals surface area contributed by atoms with Crippen LogP contribution in [0.15, 0.2) is 0 Å². The summed E-state index contributed by atoms with van der Waals surface area (Å²) in [6.07, 6.45) is -0.603. The normalized spacial score (nSPS) is 21.5. The lowest BCUT2D eigenvalue weighted by atomic mass is 10.0. The SMILES string of the molecule is CCN1C(=O)NC(=O)C(CC(=O)O)C1=O. The van der Waals surface area contributed by atoms with Gasteiger partial charge in [-0.15, -0.1) is 0 Å². The molecule has 1 rings (SSSR count). The van der Waals surface area contributed by atoms with Gasteiger partial charge in [0.1, 0.15) is 5.92 Å². The number of hydrogen-bond donors (Lipinski definition) is 2. The molecule has 0 bridgehead atoms. The number of rotatable bonds is 3. The second kappa shape index (κ2) is 4.07. The molecule has 1 heterocycles. The summed E-state index contributed by atoms with van der Waals surface area (Å²) in [5.74, 6) is -4.17. The molecule has 82 valence electrons. The van der Waals surface area contributed by atoms with E-state index >= 15 is 0 Å². The van der Waals surface area contributed by atoms with Gasteiger partial charge >= 0.3 is 12.0 Å². The van der Waals surface area contributed by atoms with Crippen LogP contribution in [0.2, 0.25) is 0 Å². The van der Waals surface area contributed by atoms with Crippen molar-refractivity contribution in [2.75, 3.05) is 6.54 Å². The molecule has 1 saturated heterocycles. The molecule has 0 aromatic carbocycles. The Labute approximate surface area is 85.0 Å². The van der Waals surface area contributed by atoms with E-state index in [9.17, 15) is 19.2 Å². The van der Waals surface area contributed by atoms with Gasteiger partial charge in [0.05, 0.1) is 6.42 Å². The van der Waals surface area contributed by atoms with Crippen molar-refractivity contribution in [3.05, 3.63) is 0 Å². The number of hydrogen-bond acceptors (Lipinski definition) is 4. The monoisotopic (exact) mass is 214 g/mol. The Morgan fingerprint density at radius 2 is 2.07 bits per heavy atom. The molecule has 1 fully saturated rings. The third-order valence-corrected chi connectivity index (χ3v) is 2.05. The molecule has 7 nitrogen and oxygen atoms in total. The molecule has 1 atom stereocenters. The summed E-state index contributed by atoms with van der Waals surface area (Å²) in [5, 5.41) is 10.4. The minimum atomic E-state index is -1.31. The van der Waals surface area contributed by atoms with Gasteiger partial charge in [0.2, 0.25) is 11.8 Å². The van der Waals surface area contributed by atoms with Crippen LogP contribution >= 0.6 is 0 Å². The molecule has 2 N–H and O–H groups in total. The van der Waals surface area contributed by atoms with Gasteiger partial charge in [-0.25, -0.2) is 4.79 Å². The topological polar surface area (TPSA) is 104 Å². The van der Waals surface area contributed by atoms with Crippen molar-refractivity contribution in [1.29, 1.82) is 0 Å². The zero-order chi connectivity index (χ0) is 11.6. The van der Waals surface area contributed by atoms with E-state index in [1.54, 1.807) is 6.92 Å². The standard InChI is InChI=1S/C8H10N2O5/c1-2-10-7(14)4(3-5(11)12)6(13)9-8(10)15/h4H,2-3H2,1H3,(H,11,12)(H,9,13,15). The largest absolute Gasteiger partial charge is 0.481 e. The van der Waals surface area contributed by atoms with Gasteiger partial charge in [-0.1, -0.05) is 0 Å². The lowest BCUT2D eigenvalue weighted by Crippen LogP contribution is -2.58. The van der Waals surface area contributed by atoms with E-state index in [2.05, 4.69) is 0 Å². The van der Waals surface area contributed by atoms with Gasteiger partial charge in [-0.2, -0.15) is 0 Å². The Balaban J connectivity index is 2.87. The van der Waals surface area contributed by atoms with Crippen LogP contribution in [0.4, 0.5) is 4.79 Å². The van der Waals surface area contributed by atoms with Gasteiger partial charge in [0.15, 0.2) is 0 Å². The zero-order valence-electron chi connectivity index (χ0n) is 8.02. The van der Waals surface area contributed by atoms with Gasteiger partial charge in [0, 0.05) is 6.54 Å². The van der Waals surface area contributed by atoms with Crippen molar-refractivity contribution in [3.8, 4) is 0 Å². The molecule has 0 saturated carbocycles. The summed E-state index contributed by atoms with van der Waals surface area (Å²) in [4.78, 5) is 45.0. The predicted octanol–water partition coefficient (Wildman–Crippen LogP) is -0.824. The average Bonchev–Trinajstić information content (AvgIpc) is 2.12. The quantitative estimate of drug-likeness (QED) is 0.597. The molecule has 4 amide bonds. The first-order chi connectivity index (χ1) is 6.97. The summed E-state index contributed by atoms with van der Waals surface area (Å²) in [6.45, 7) is 1.67. The highest BCUT2D eigenvalue weighted by atomic mass is 16.4. The lowest BCUT2D eigenvalue weighted by molar-refractivity contribution is -0.149. The van der Waals surface area contributed by atoms with Crippen molar-refractivity contribution < 1.29 is 24.3 Å². The number of nitrogens with zero attached hydrogens (tertiary/aromatic N) is 1. The molecule has 1 aliphatic rings. The molecule has 0 aromatic rings. The number of aliphatic carboxylic acids is 1. The molecule has 0 aromatic heterocycles. The average molecular weight is 214 g/mol. The first-order valence-electron chi connectivity index (χ1n) is 4.35. The number of amides is 4. The number of barbiturate groups is 1. The van der Waals surface area contributed by atoms with Crippen molar-refractivity contribution in [3.63, 3.8) is 0 Å². The molecule has 1 aliphatic heterocycles. The fourth-order valence-corrected chi connectivity index (χ4v) is 1.31. The molecular weight excluding hydrogens is 204 g/mol. The van der Waals surface area contributed by atoms with Gasteiger partial charge in [-0.05, 0) is 6.92 Å². The van der Waals surface area contributed by atoms with Crippen LogP contribution in [0.5, 0.6) is 0 Å². The second-order valence-corrected chi connectivity index (χ2v) is 3.03. The fraction of sp³-hybridized carbons (Fsp3) is 0.500. The van der Waals surface area contributed by atoms with Crippen LogP contribution in [0, 0.1) is 5.92 Å². The lowest BCUT2D eigenvalue weighted by Gasteiger charge is -2.28. The fourth-order valence-electron chi connectivity index (χ4n) is 1.31. The summed E-state index contributed by atoms with van der Waals surface area (Å²) in [5.41, 5.74) is 0. The van der Waals surface area contributed by atoms with E-state index in [4.69, 9.17) is 5.11 Å². The van der Waals surface area contributed by atoms with Gasteiger partial charge in [0.25, 0.3) is 0 Å². The highest BCUT2D eigenvalue weighted by molar-refractivity contribution is 6.17. The minimum absolute atomic E-state index is 0.105. The van der Waals surface area contributed by atoms with Gasteiger partial charge in [-0.3, -0.25) is 24.6 Å². The molecule has 0 spiro atoms. The number of carbonyl (C=O) groups excluding carboxylic acids is 3.